The molecular formula is C18H21N4O4S-. The van der Waals surface area contributed by atoms with Crippen LogP contribution in [0.4, 0.5) is 5.69 Å². The molecule has 2 aromatic rings. The second kappa shape index (κ2) is 9.15. The van der Waals surface area contributed by atoms with Gasteiger partial charge in [-0.1, -0.05) is 12.6 Å². The molecule has 0 aliphatic carbocycles. The van der Waals surface area contributed by atoms with Crippen LogP contribution in [-0.2, 0) is 11.3 Å². The normalized spacial score (nSPS) is 12.3. The second-order valence-corrected chi connectivity index (χ2v) is 6.07. The monoisotopic (exact) mass is 389 g/mol. The van der Waals surface area contributed by atoms with Crippen molar-refractivity contribution in [3.8, 4) is 11.5 Å². The Morgan fingerprint density at radius 1 is 1.30 bits per heavy atom. The van der Waals surface area contributed by atoms with Crippen molar-refractivity contribution in [3.05, 3.63) is 60.2 Å². The van der Waals surface area contributed by atoms with Crippen LogP contribution in [0.2, 0.25) is 0 Å². The Morgan fingerprint density at radius 2 is 1.93 bits per heavy atom. The van der Waals surface area contributed by atoms with Gasteiger partial charge in [0.05, 0.1) is 14.2 Å². The average molecular weight is 389 g/mol. The van der Waals surface area contributed by atoms with Gasteiger partial charge in [-0.05, 0) is 36.8 Å². The number of nitrogens with one attached hydrogen (secondary N) is 1. The first-order valence-corrected chi connectivity index (χ1v) is 8.96. The molecule has 1 aromatic carbocycles. The van der Waals surface area contributed by atoms with Crippen LogP contribution in [0.15, 0.2) is 53.9 Å². The zero-order valence-electron chi connectivity index (χ0n) is 15.6. The van der Waals surface area contributed by atoms with Crippen LogP contribution in [0, 0.1) is 6.92 Å². The molecule has 1 unspecified atom stereocenters. The molecule has 2 rings (SSSR count). The molecule has 0 radical (unpaired) electrons. The Morgan fingerprint density at radius 3 is 2.41 bits per heavy atom. The third kappa shape index (κ3) is 4.63. The molecule has 0 spiro atoms. The maximum absolute atomic E-state index is 11.2. The number of rotatable bonds is 7. The number of aryl methyl sites for hydroxylation is 1. The molecule has 9 heteroatoms. The van der Waals surface area contributed by atoms with Gasteiger partial charge >= 0.3 is 0 Å². The predicted octanol–water partition coefficient (Wildman–Crippen LogP) is 2.15. The first-order chi connectivity index (χ1) is 12.9. The van der Waals surface area contributed by atoms with E-state index in [1.807, 2.05) is 19.1 Å². The van der Waals surface area contributed by atoms with Crippen molar-refractivity contribution in [3.63, 3.8) is 0 Å². The molecule has 1 N–H and O–H groups in total. The predicted molar refractivity (Wildman–Crippen MR) is 105 cm³/mol. The largest absolute Gasteiger partial charge is 0.755 e. The third-order valence-corrected chi connectivity index (χ3v) is 4.07. The molecule has 1 atom stereocenters. The van der Waals surface area contributed by atoms with E-state index in [0.717, 1.165) is 5.56 Å². The number of amidine groups is 1. The number of methoxy groups -OCH3 is 2. The zero-order valence-corrected chi connectivity index (χ0v) is 16.4. The van der Waals surface area contributed by atoms with Gasteiger partial charge in [0.1, 0.15) is 28.7 Å². The van der Waals surface area contributed by atoms with Gasteiger partial charge in [-0.25, -0.2) is 0 Å². The van der Waals surface area contributed by atoms with Crippen molar-refractivity contribution in [1.29, 1.82) is 0 Å². The van der Waals surface area contributed by atoms with Crippen molar-refractivity contribution in [2.24, 2.45) is 4.99 Å². The molecule has 27 heavy (non-hydrogen) atoms. The first kappa shape index (κ1) is 20.4. The fourth-order valence-electron chi connectivity index (χ4n) is 2.55. The highest BCUT2D eigenvalue weighted by Gasteiger charge is 2.26. The van der Waals surface area contributed by atoms with E-state index in [9.17, 15) is 8.76 Å². The molecule has 8 nitrogen and oxygen atoms in total. The Kier molecular flexibility index (Phi) is 6.91. The molecule has 0 amide bonds. The van der Waals surface area contributed by atoms with Gasteiger partial charge in [0, 0.05) is 24.5 Å². The molecule has 0 fully saturated rings. The summed E-state index contributed by atoms with van der Waals surface area (Å²) in [5, 5.41) is 0. The van der Waals surface area contributed by atoms with Crippen molar-refractivity contribution < 1.29 is 18.2 Å². The maximum Gasteiger partial charge on any atom is 0.160 e. The summed E-state index contributed by atoms with van der Waals surface area (Å²) in [6, 6.07) is 8.89. The summed E-state index contributed by atoms with van der Waals surface area (Å²) in [6.07, 6.45) is 1.65. The van der Waals surface area contributed by atoms with Crippen LogP contribution in [0.5, 0.6) is 11.5 Å². The number of anilines is 1. The standard InChI is InChI=1S/C18H22N4O4S/c1-12-9-10-20-14(11-12)18(19-3)22(13(2)21-27(23)24)17-15(25-4)7-6-8-16(17)26-5/h6-11,21H,2H2,1,3-5H3,(H,23,24)/p-1. The van der Waals surface area contributed by atoms with Crippen molar-refractivity contribution >= 4 is 22.8 Å². The van der Waals surface area contributed by atoms with Gasteiger partial charge in [-0.15, -0.1) is 0 Å². The number of hydrogen-bond donors (Lipinski definition) is 1. The molecular weight excluding hydrogens is 368 g/mol. The maximum atomic E-state index is 11.2. The van der Waals surface area contributed by atoms with Gasteiger partial charge in [0.2, 0.25) is 0 Å². The Balaban J connectivity index is 2.73. The molecule has 0 aliphatic rings. The summed E-state index contributed by atoms with van der Waals surface area (Å²) < 4.78 is 35.7. The minimum absolute atomic E-state index is 0.0371. The smallest absolute Gasteiger partial charge is 0.160 e. The third-order valence-electron chi connectivity index (χ3n) is 3.66. The molecule has 0 bridgehead atoms. The van der Waals surface area contributed by atoms with Crippen LogP contribution in [0.1, 0.15) is 11.3 Å². The number of para-hydroxylation sites is 1. The fourth-order valence-corrected chi connectivity index (χ4v) is 2.83. The Bertz CT molecular complexity index is 863. The van der Waals surface area contributed by atoms with Crippen molar-refractivity contribution in [2.75, 3.05) is 26.2 Å². The van der Waals surface area contributed by atoms with Gasteiger partial charge < -0.3 is 18.7 Å². The summed E-state index contributed by atoms with van der Waals surface area (Å²) in [4.78, 5) is 10.2. The Hall–Kier alpha value is -2.91. The van der Waals surface area contributed by atoms with Gasteiger partial charge in [-0.2, -0.15) is 0 Å². The number of pyridine rings is 1. The Labute approximate surface area is 161 Å². The topological polar surface area (TPSA) is 99.1 Å². The second-order valence-electron chi connectivity index (χ2n) is 5.40. The number of ether oxygens (including phenoxy) is 2. The summed E-state index contributed by atoms with van der Waals surface area (Å²) in [6.45, 7) is 5.76. The van der Waals surface area contributed by atoms with E-state index < -0.39 is 11.3 Å². The molecule has 0 aliphatic heterocycles. The lowest BCUT2D eigenvalue weighted by atomic mass is 10.2. The minimum Gasteiger partial charge on any atom is -0.755 e. The van der Waals surface area contributed by atoms with Crippen LogP contribution in [0.3, 0.4) is 0 Å². The van der Waals surface area contributed by atoms with E-state index in [-0.39, 0.29) is 5.82 Å². The molecule has 1 aromatic heterocycles. The van der Waals surface area contributed by atoms with Crippen LogP contribution < -0.4 is 19.1 Å². The van der Waals surface area contributed by atoms with Gasteiger partial charge in [0.15, 0.2) is 5.84 Å². The van der Waals surface area contributed by atoms with E-state index in [1.54, 1.807) is 31.4 Å². The number of aromatic nitrogens is 1. The summed E-state index contributed by atoms with van der Waals surface area (Å²) in [5.41, 5.74) is 1.94. The quantitative estimate of drug-likeness (QED) is 0.442. The lowest BCUT2D eigenvalue weighted by Crippen LogP contribution is -2.38. The number of hydrogen-bond acceptors (Lipinski definition) is 6. The summed E-state index contributed by atoms with van der Waals surface area (Å²) in [5.74, 6) is 1.30. The number of nitrogens with zero attached hydrogens (tertiary/aromatic N) is 3. The first-order valence-electron chi connectivity index (χ1n) is 7.88. The van der Waals surface area contributed by atoms with E-state index in [1.165, 1.54) is 19.1 Å². The van der Waals surface area contributed by atoms with E-state index in [4.69, 9.17) is 9.47 Å². The fraction of sp³-hybridized carbons (Fsp3) is 0.222. The lowest BCUT2D eigenvalue weighted by Gasteiger charge is -2.30. The van der Waals surface area contributed by atoms with Crippen molar-refractivity contribution in [2.45, 2.75) is 6.92 Å². The average Bonchev–Trinajstić information content (AvgIpc) is 2.64. The highest BCUT2D eigenvalue weighted by atomic mass is 32.2. The van der Waals surface area contributed by atoms with Crippen LogP contribution in [-0.4, -0.2) is 40.8 Å². The number of aliphatic imine (C=N–C) groups is 1. The van der Waals surface area contributed by atoms with E-state index in [2.05, 4.69) is 21.3 Å². The highest BCUT2D eigenvalue weighted by Crippen LogP contribution is 2.39. The molecule has 144 valence electrons. The van der Waals surface area contributed by atoms with Gasteiger partial charge in [0.25, 0.3) is 0 Å². The van der Waals surface area contributed by atoms with E-state index in [0.29, 0.717) is 28.7 Å². The van der Waals surface area contributed by atoms with Crippen molar-refractivity contribution in [1.82, 2.24) is 9.71 Å². The summed E-state index contributed by atoms with van der Waals surface area (Å²) >= 11 is -2.58. The van der Waals surface area contributed by atoms with Gasteiger partial charge in [-0.3, -0.25) is 19.1 Å². The molecule has 1 heterocycles. The SMILES string of the molecule is C=C(NS(=O)[O-])N(C(=NC)c1cc(C)ccn1)c1c(OC)cccc1OC. The summed E-state index contributed by atoms with van der Waals surface area (Å²) in [7, 11) is 4.59. The highest BCUT2D eigenvalue weighted by molar-refractivity contribution is 7.77. The zero-order chi connectivity index (χ0) is 20.0. The van der Waals surface area contributed by atoms with Crippen LogP contribution >= 0.6 is 0 Å². The van der Waals surface area contributed by atoms with E-state index >= 15 is 0 Å². The minimum atomic E-state index is -2.58. The van der Waals surface area contributed by atoms with Crippen LogP contribution in [0.25, 0.3) is 0 Å². The molecule has 0 saturated heterocycles. The molecule has 0 saturated carbocycles. The lowest BCUT2D eigenvalue weighted by molar-refractivity contribution is 0.396. The number of benzene rings is 1.